The quantitative estimate of drug-likeness (QED) is 0.629. The Morgan fingerprint density at radius 1 is 1.07 bits per heavy atom. The first-order valence-corrected chi connectivity index (χ1v) is 9.64. The van der Waals surface area contributed by atoms with Gasteiger partial charge in [-0.25, -0.2) is 0 Å². The molecular formula is C21H15F3O3S. The molecule has 0 amide bonds. The maximum absolute atomic E-state index is 13.9. The first-order valence-electron chi connectivity index (χ1n) is 8.76. The number of rotatable bonds is 3. The zero-order valence-electron chi connectivity index (χ0n) is 14.6. The minimum atomic E-state index is -4.85. The molecule has 3 nitrogen and oxygen atoms in total. The molecule has 0 bridgehead atoms. The van der Waals surface area contributed by atoms with Gasteiger partial charge in [0.2, 0.25) is 11.5 Å². The van der Waals surface area contributed by atoms with E-state index in [0.29, 0.717) is 12.0 Å². The summed E-state index contributed by atoms with van der Waals surface area (Å²) in [6.45, 7) is 0. The predicted octanol–water partition coefficient (Wildman–Crippen LogP) is 5.57. The van der Waals surface area contributed by atoms with Crippen LogP contribution in [0.5, 0.6) is 0 Å². The fourth-order valence-electron chi connectivity index (χ4n) is 3.68. The van der Waals surface area contributed by atoms with Crippen molar-refractivity contribution in [3.8, 4) is 0 Å². The Hall–Kier alpha value is -2.67. The molecule has 0 N–H and O–H groups in total. The van der Waals surface area contributed by atoms with E-state index in [2.05, 4.69) is 0 Å². The Morgan fingerprint density at radius 2 is 1.82 bits per heavy atom. The van der Waals surface area contributed by atoms with E-state index in [0.717, 1.165) is 11.3 Å². The van der Waals surface area contributed by atoms with Crippen LogP contribution in [-0.4, -0.2) is 17.7 Å². The normalized spacial score (nSPS) is 20.1. The highest BCUT2D eigenvalue weighted by Crippen LogP contribution is 2.49. The smallest absolute Gasteiger partial charge is 0.449 e. The lowest BCUT2D eigenvalue weighted by atomic mass is 9.75. The van der Waals surface area contributed by atoms with Crippen molar-refractivity contribution in [3.05, 3.63) is 80.9 Å². The van der Waals surface area contributed by atoms with E-state index >= 15 is 0 Å². The van der Waals surface area contributed by atoms with E-state index in [-0.39, 0.29) is 34.8 Å². The number of Topliss-reactive ketones (excluding diaryl/α,β-unsaturated/α-hetero) is 2. The van der Waals surface area contributed by atoms with E-state index in [1.54, 1.807) is 41.8 Å². The molecule has 1 aromatic carbocycles. The molecule has 28 heavy (non-hydrogen) atoms. The lowest BCUT2D eigenvalue weighted by molar-refractivity contribution is -0.130. The summed E-state index contributed by atoms with van der Waals surface area (Å²) in [7, 11) is 0. The van der Waals surface area contributed by atoms with Crippen LogP contribution in [-0.2, 0) is 9.53 Å². The predicted molar refractivity (Wildman–Crippen MR) is 97.9 cm³/mol. The standard InChI is InChI=1S/C21H15F3O3S/c22-21(23,24)20-18(19(26)15-10-5-11-28-15)16(12-6-2-1-3-7-12)17-13(25)8-4-9-14(17)27-20/h1-3,5-7,10-11,16H,4,8-9H2. The SMILES string of the molecule is O=C1CCCC2=C1C(c1ccccc1)C(C(=O)c1cccs1)=C(C(F)(F)F)O2. The van der Waals surface area contributed by atoms with E-state index < -0.39 is 29.2 Å². The number of hydrogen-bond acceptors (Lipinski definition) is 4. The second kappa shape index (κ2) is 7.05. The number of alkyl halides is 3. The summed E-state index contributed by atoms with van der Waals surface area (Å²) in [6, 6.07) is 11.4. The van der Waals surface area contributed by atoms with Gasteiger partial charge < -0.3 is 4.74 Å². The van der Waals surface area contributed by atoms with Crippen LogP contribution >= 0.6 is 11.3 Å². The van der Waals surface area contributed by atoms with Crippen molar-refractivity contribution in [2.75, 3.05) is 0 Å². The van der Waals surface area contributed by atoms with Crippen molar-refractivity contribution in [2.24, 2.45) is 0 Å². The van der Waals surface area contributed by atoms with Crippen molar-refractivity contribution in [1.82, 2.24) is 0 Å². The first kappa shape index (κ1) is 18.7. The Balaban J connectivity index is 1.98. The Kier molecular flexibility index (Phi) is 4.71. The zero-order chi connectivity index (χ0) is 19.9. The number of ketones is 2. The van der Waals surface area contributed by atoms with Crippen LogP contribution in [0.3, 0.4) is 0 Å². The molecule has 1 aliphatic heterocycles. The molecule has 0 saturated heterocycles. The van der Waals surface area contributed by atoms with Crippen LogP contribution in [0, 0.1) is 0 Å². The van der Waals surface area contributed by atoms with E-state index in [1.165, 1.54) is 6.07 Å². The maximum atomic E-state index is 13.9. The van der Waals surface area contributed by atoms with Gasteiger partial charge in [0.15, 0.2) is 5.78 Å². The van der Waals surface area contributed by atoms with E-state index in [1.807, 2.05) is 0 Å². The van der Waals surface area contributed by atoms with Crippen LogP contribution in [0.1, 0.15) is 40.4 Å². The number of hydrogen-bond donors (Lipinski definition) is 0. The van der Waals surface area contributed by atoms with E-state index in [4.69, 9.17) is 4.74 Å². The lowest BCUT2D eigenvalue weighted by Gasteiger charge is -2.34. The molecule has 0 fully saturated rings. The number of halogens is 3. The summed E-state index contributed by atoms with van der Waals surface area (Å²) in [5, 5.41) is 1.62. The fraction of sp³-hybridized carbons (Fsp3) is 0.238. The van der Waals surface area contributed by atoms with Gasteiger partial charge in [-0.15, -0.1) is 11.3 Å². The summed E-state index contributed by atoms with van der Waals surface area (Å²) < 4.78 is 46.9. The Labute approximate surface area is 163 Å². The third-order valence-corrected chi connectivity index (χ3v) is 5.70. The van der Waals surface area contributed by atoms with Crippen LogP contribution in [0.2, 0.25) is 0 Å². The minimum absolute atomic E-state index is 0.0279. The highest BCUT2D eigenvalue weighted by atomic mass is 32.1. The molecule has 1 aromatic heterocycles. The summed E-state index contributed by atoms with van der Waals surface area (Å²) in [5.74, 6) is -3.41. The second-order valence-corrected chi connectivity index (χ2v) is 7.55. The summed E-state index contributed by atoms with van der Waals surface area (Å²) in [5.41, 5.74) is 0.121. The molecular weight excluding hydrogens is 389 g/mol. The van der Waals surface area contributed by atoms with Crippen molar-refractivity contribution in [2.45, 2.75) is 31.4 Å². The van der Waals surface area contributed by atoms with Gasteiger partial charge in [0, 0.05) is 24.3 Å². The number of benzene rings is 1. The van der Waals surface area contributed by atoms with Gasteiger partial charge >= 0.3 is 6.18 Å². The van der Waals surface area contributed by atoms with Crippen molar-refractivity contribution < 1.29 is 27.5 Å². The molecule has 4 rings (SSSR count). The molecule has 2 aliphatic rings. The maximum Gasteiger partial charge on any atom is 0.449 e. The summed E-state index contributed by atoms with van der Waals surface area (Å²) >= 11 is 1.06. The molecule has 7 heteroatoms. The Morgan fingerprint density at radius 3 is 2.46 bits per heavy atom. The molecule has 144 valence electrons. The van der Waals surface area contributed by atoms with Gasteiger partial charge in [-0.3, -0.25) is 9.59 Å². The van der Waals surface area contributed by atoms with Gasteiger partial charge in [-0.05, 0) is 23.4 Å². The van der Waals surface area contributed by atoms with Crippen molar-refractivity contribution >= 4 is 22.9 Å². The van der Waals surface area contributed by atoms with E-state index in [9.17, 15) is 22.8 Å². The molecule has 1 atom stereocenters. The average molecular weight is 404 g/mol. The lowest BCUT2D eigenvalue weighted by Crippen LogP contribution is -2.32. The molecule has 1 aliphatic carbocycles. The summed E-state index contributed by atoms with van der Waals surface area (Å²) in [4.78, 5) is 26.0. The second-order valence-electron chi connectivity index (χ2n) is 6.61. The third-order valence-electron chi connectivity index (χ3n) is 4.84. The van der Waals surface area contributed by atoms with Gasteiger partial charge in [-0.2, -0.15) is 13.2 Å². The topological polar surface area (TPSA) is 43.4 Å². The molecule has 0 spiro atoms. The van der Waals surface area contributed by atoms with Crippen LogP contribution in [0.4, 0.5) is 13.2 Å². The molecule has 0 radical (unpaired) electrons. The molecule has 2 aromatic rings. The highest BCUT2D eigenvalue weighted by Gasteiger charge is 2.49. The van der Waals surface area contributed by atoms with Crippen molar-refractivity contribution in [1.29, 1.82) is 0 Å². The molecule has 2 heterocycles. The van der Waals surface area contributed by atoms with Crippen LogP contribution in [0.15, 0.2) is 70.5 Å². The first-order chi connectivity index (χ1) is 13.4. The molecule has 0 saturated carbocycles. The number of thiophene rings is 1. The third kappa shape index (κ3) is 3.20. The fourth-order valence-corrected chi connectivity index (χ4v) is 4.36. The van der Waals surface area contributed by atoms with Crippen molar-refractivity contribution in [3.63, 3.8) is 0 Å². The van der Waals surface area contributed by atoms with Gasteiger partial charge in [-0.1, -0.05) is 36.4 Å². The van der Waals surface area contributed by atoms with Crippen LogP contribution in [0.25, 0.3) is 0 Å². The largest absolute Gasteiger partial charge is 0.456 e. The van der Waals surface area contributed by atoms with Crippen LogP contribution < -0.4 is 0 Å². The average Bonchev–Trinajstić information content (AvgIpc) is 3.21. The number of ether oxygens (including phenoxy) is 1. The van der Waals surface area contributed by atoms with Gasteiger partial charge in [0.25, 0.3) is 0 Å². The molecule has 1 unspecified atom stereocenters. The number of allylic oxidation sites excluding steroid dienone is 4. The number of carbonyl (C=O) groups excluding carboxylic acids is 2. The van der Waals surface area contributed by atoms with Gasteiger partial charge in [0.05, 0.1) is 10.5 Å². The van der Waals surface area contributed by atoms with Gasteiger partial charge in [0.1, 0.15) is 5.76 Å². The minimum Gasteiger partial charge on any atom is -0.456 e. The number of carbonyl (C=O) groups is 2. The summed E-state index contributed by atoms with van der Waals surface area (Å²) in [6.07, 6.45) is -3.95. The zero-order valence-corrected chi connectivity index (χ0v) is 15.4. The Bertz CT molecular complexity index is 986. The monoisotopic (exact) mass is 404 g/mol. The highest BCUT2D eigenvalue weighted by molar-refractivity contribution is 7.12.